The third-order valence-electron chi connectivity index (χ3n) is 7.69. The maximum absolute atomic E-state index is 10.7. The normalized spacial score (nSPS) is 11.5. The zero-order valence-corrected chi connectivity index (χ0v) is 32.6. The number of benzene rings is 4. The number of alkyl halides is 3. The zero-order chi connectivity index (χ0) is 34.1. The quantitative estimate of drug-likeness (QED) is 0.102. The summed E-state index contributed by atoms with van der Waals surface area (Å²) in [5, 5.41) is 3.82. The number of aromatic amines is 2. The molecule has 0 spiro atoms. The van der Waals surface area contributed by atoms with E-state index in [9.17, 15) is 13.2 Å². The molecule has 0 radical (unpaired) electrons. The Bertz CT molecular complexity index is 2200. The maximum atomic E-state index is 10.7. The number of hydrogen-bond acceptors (Lipinski definition) is 7. The molecule has 0 unspecified atom stereocenters. The molecule has 9 rings (SSSR count). The van der Waals surface area contributed by atoms with Crippen LogP contribution in [-0.4, -0.2) is 52.6 Å². The topological polar surface area (TPSA) is 135 Å². The summed E-state index contributed by atoms with van der Waals surface area (Å²) in [6, 6.07) is 32.2. The first-order valence-corrected chi connectivity index (χ1v) is 33.0. The van der Waals surface area contributed by atoms with E-state index in [0.717, 1.165) is 43.8 Å². The van der Waals surface area contributed by atoms with Gasteiger partial charge in [-0.05, 0) is 0 Å². The fraction of sp³-hybridized carbons (Fsp3) is 0.0588. The monoisotopic (exact) mass is 931 g/mol. The molecule has 3 aromatic heterocycles. The van der Waals surface area contributed by atoms with Crippen molar-refractivity contribution in [2.24, 2.45) is 5.73 Å². The number of nitrogens with one attached hydrogen (secondary N) is 2. The summed E-state index contributed by atoms with van der Waals surface area (Å²) >= 11 is 4.93. The third kappa shape index (κ3) is 6.80. The number of hydrogen-bond donors (Lipinski definition) is 3. The summed E-state index contributed by atoms with van der Waals surface area (Å²) in [7, 11) is 0.0650. The number of rotatable bonds is 0. The van der Waals surface area contributed by atoms with Crippen LogP contribution in [0.25, 0.3) is 89.7 Å². The average Bonchev–Trinajstić information content (AvgIpc) is 3.84. The minimum atomic E-state index is -4.18. The van der Waals surface area contributed by atoms with Crippen molar-refractivity contribution in [3.05, 3.63) is 97.1 Å². The van der Waals surface area contributed by atoms with Gasteiger partial charge in [-0.1, -0.05) is 97.1 Å². The Morgan fingerprint density at radius 2 is 0.714 bits per heavy atom. The second-order valence-electron chi connectivity index (χ2n) is 10.7. The maximum Gasteiger partial charge on any atom is 0.164 e. The van der Waals surface area contributed by atoms with Gasteiger partial charge in [0.25, 0.3) is 0 Å². The van der Waals surface area contributed by atoms with Crippen molar-refractivity contribution in [1.82, 2.24) is 39.9 Å². The molecular weight excluding hydrogens is 911 g/mol. The van der Waals surface area contributed by atoms with Crippen LogP contribution in [0.5, 0.6) is 0 Å². The molecule has 7 aromatic rings. The van der Waals surface area contributed by atoms with Crippen LogP contribution >= 0.6 is 39.5 Å². The van der Waals surface area contributed by atoms with E-state index < -0.39 is 12.7 Å². The minimum Gasteiger partial charge on any atom is -0.324 e. The third-order valence-corrected chi connectivity index (χ3v) is 7.69. The predicted molar refractivity (Wildman–Crippen MR) is 199 cm³/mol. The smallest absolute Gasteiger partial charge is 0.164 e. The second-order valence-corrected chi connectivity index (χ2v) is 34.2. The van der Waals surface area contributed by atoms with Gasteiger partial charge < -0.3 is 15.7 Å². The molecule has 0 amide bonds. The molecule has 240 valence electrons. The molecule has 8 bridgehead atoms. The summed E-state index contributed by atoms with van der Waals surface area (Å²) in [6.45, 7) is -1.23. The van der Waals surface area contributed by atoms with Crippen LogP contribution in [-0.2, 0) is 10.1 Å². The van der Waals surface area contributed by atoms with E-state index >= 15 is 0 Å². The van der Waals surface area contributed by atoms with Gasteiger partial charge in [-0.2, -0.15) is 13.2 Å². The Hall–Kier alpha value is -3.93. The van der Waals surface area contributed by atoms with Crippen molar-refractivity contribution in [2.75, 3.05) is 6.54 Å². The molecule has 2 aliphatic heterocycles. The van der Waals surface area contributed by atoms with Crippen LogP contribution in [0, 0.1) is 0 Å². The number of nitrogens with zero attached hydrogens (tertiary/aromatic N) is 6. The van der Waals surface area contributed by atoms with Crippen LogP contribution in [0.15, 0.2) is 97.1 Å². The first-order chi connectivity index (χ1) is 23.8. The molecule has 49 heavy (non-hydrogen) atoms. The van der Waals surface area contributed by atoms with Gasteiger partial charge in [0.1, 0.15) is 22.6 Å². The molecule has 0 fully saturated rings. The van der Waals surface area contributed by atoms with Gasteiger partial charge in [0.2, 0.25) is 0 Å². The van der Waals surface area contributed by atoms with E-state index in [-0.39, 0.29) is 10.1 Å². The fourth-order valence-corrected chi connectivity index (χ4v) is 5.59. The summed E-state index contributed by atoms with van der Waals surface area (Å²) < 4.78 is 32.0. The standard InChI is InChI=1S/C32H18N8.C2H4F3N.2HI.Zn/c1-2-10-18-17(9-1)25-33-26(18)38-28-21-13-5-6-14-22(21)30(35-28)40-32-24-16-8-7-15-23(24)31(36-32)39-29-20-12-4-3-11-19(20)27(34-29)37-25;3-2(4,5)1-6;;;/h1-16H,(H2,33,34,35,36,37,38,39,40);1,6H2;2*1H;/q;;;;+2/p-2. The molecule has 0 saturated carbocycles. The first kappa shape index (κ1) is 33.6. The summed E-state index contributed by atoms with van der Waals surface area (Å²) in [4.78, 5) is 36.8. The van der Waals surface area contributed by atoms with Crippen LogP contribution in [0.2, 0.25) is 0 Å². The summed E-state index contributed by atoms with van der Waals surface area (Å²) in [6.07, 6.45) is -4.18. The average molecular weight is 933 g/mol. The molecule has 4 N–H and O–H groups in total. The van der Waals surface area contributed by atoms with Gasteiger partial charge in [-0.25, -0.2) is 29.9 Å². The van der Waals surface area contributed by atoms with Gasteiger partial charge in [0.05, 0.1) is 6.54 Å². The largest absolute Gasteiger partial charge is 0.324 e. The van der Waals surface area contributed by atoms with E-state index in [1.165, 1.54) is 0 Å². The predicted octanol–water partition coefficient (Wildman–Crippen LogP) is 9.15. The molecule has 2 aliphatic rings. The summed E-state index contributed by atoms with van der Waals surface area (Å²) in [5.41, 5.74) is 10.6. The number of aromatic nitrogens is 8. The van der Waals surface area contributed by atoms with E-state index in [1.54, 1.807) is 0 Å². The Kier molecular flexibility index (Phi) is 9.68. The Balaban J connectivity index is 0.000000378. The Morgan fingerprint density at radius 3 is 0.939 bits per heavy atom. The Labute approximate surface area is 305 Å². The fourth-order valence-electron chi connectivity index (χ4n) is 5.59. The summed E-state index contributed by atoms with van der Waals surface area (Å²) in [5.74, 6) is 2.39. The molecular formula is C34H22F3I2N9Zn. The van der Waals surface area contributed by atoms with Crippen molar-refractivity contribution < 1.29 is 23.3 Å². The first-order valence-electron chi connectivity index (χ1n) is 14.9. The van der Waals surface area contributed by atoms with Crippen molar-refractivity contribution in [2.45, 2.75) is 6.18 Å². The second kappa shape index (κ2) is 14.1. The van der Waals surface area contributed by atoms with Gasteiger partial charge >= 0.3 is 55.8 Å². The van der Waals surface area contributed by atoms with Gasteiger partial charge in [-0.15, -0.1) is 0 Å². The van der Waals surface area contributed by atoms with E-state index in [2.05, 4.69) is 55.2 Å². The van der Waals surface area contributed by atoms with Gasteiger partial charge in [0.15, 0.2) is 23.3 Å². The van der Waals surface area contributed by atoms with Crippen LogP contribution < -0.4 is 5.73 Å². The van der Waals surface area contributed by atoms with Crippen molar-refractivity contribution in [3.8, 4) is 45.6 Å². The minimum absolute atomic E-state index is 0.0650. The zero-order valence-electron chi connectivity index (χ0n) is 25.3. The van der Waals surface area contributed by atoms with Crippen molar-refractivity contribution in [3.63, 3.8) is 0 Å². The molecule has 0 atom stereocenters. The van der Waals surface area contributed by atoms with E-state index in [4.69, 9.17) is 29.9 Å². The van der Waals surface area contributed by atoms with Gasteiger partial charge in [0, 0.05) is 43.8 Å². The van der Waals surface area contributed by atoms with Crippen LogP contribution in [0.3, 0.4) is 0 Å². The molecule has 5 heterocycles. The number of nitrogens with two attached hydrogens (primary N) is 1. The van der Waals surface area contributed by atoms with Crippen LogP contribution in [0.4, 0.5) is 13.2 Å². The van der Waals surface area contributed by atoms with E-state index in [1.807, 2.05) is 97.1 Å². The molecule has 0 aliphatic carbocycles. The van der Waals surface area contributed by atoms with Crippen molar-refractivity contribution in [1.29, 1.82) is 0 Å². The van der Waals surface area contributed by atoms with Gasteiger partial charge in [-0.3, -0.25) is 0 Å². The van der Waals surface area contributed by atoms with Crippen molar-refractivity contribution >= 4 is 83.6 Å². The molecule has 4 aromatic carbocycles. The molecule has 15 heteroatoms. The number of H-pyrrole nitrogens is 2. The SMILES string of the molecule is NCC(F)(F)F.[I][Zn][I].c1ccc2c(c1)-c1nc-2nc2[nH]c(nc3nc(nc4[nH]c(n1)c1ccccc41)-c1ccccc1-3)c1ccccc21. The number of fused-ring (bicyclic) bond motifs is 20. The molecule has 9 nitrogen and oxygen atoms in total. The Morgan fingerprint density at radius 1 is 0.490 bits per heavy atom. The van der Waals surface area contributed by atoms with E-state index in [0.29, 0.717) is 45.9 Å². The number of halogens is 5. The van der Waals surface area contributed by atoms with Crippen LogP contribution in [0.1, 0.15) is 0 Å². The molecule has 0 saturated heterocycles.